The van der Waals surface area contributed by atoms with Crippen molar-refractivity contribution in [2.24, 2.45) is 16.5 Å². The predicted octanol–water partition coefficient (Wildman–Crippen LogP) is 1.53. The number of carbonyl (C=O) groups is 1. The van der Waals surface area contributed by atoms with Crippen LogP contribution in [0, 0.1) is 0 Å². The minimum atomic E-state index is -3.49. The molecule has 0 radical (unpaired) electrons. The van der Waals surface area contributed by atoms with Crippen LogP contribution in [-0.4, -0.2) is 33.1 Å². The van der Waals surface area contributed by atoms with Crippen LogP contribution in [0.3, 0.4) is 0 Å². The van der Waals surface area contributed by atoms with E-state index < -0.39 is 15.7 Å². The van der Waals surface area contributed by atoms with Crippen LogP contribution < -0.4 is 16.8 Å². The highest BCUT2D eigenvalue weighted by atomic mass is 35.5. The van der Waals surface area contributed by atoms with Crippen molar-refractivity contribution in [2.75, 3.05) is 18.1 Å². The Morgan fingerprint density at radius 3 is 2.43 bits per heavy atom. The van der Waals surface area contributed by atoms with Gasteiger partial charge in [-0.15, -0.1) is 12.4 Å². The highest BCUT2D eigenvalue weighted by molar-refractivity contribution is 7.90. The number of carbonyl (C=O) groups excluding carboxylic acids is 1. The van der Waals surface area contributed by atoms with Gasteiger partial charge in [-0.05, 0) is 24.6 Å². The van der Waals surface area contributed by atoms with Crippen molar-refractivity contribution in [1.29, 1.82) is 0 Å². The molecule has 5 N–H and O–H groups in total. The summed E-state index contributed by atoms with van der Waals surface area (Å²) in [5.74, 6) is -1.05. The van der Waals surface area contributed by atoms with Crippen molar-refractivity contribution in [3.63, 3.8) is 0 Å². The second kappa shape index (κ2) is 9.36. The molecule has 0 spiro atoms. The van der Waals surface area contributed by atoms with Crippen LogP contribution in [0.25, 0.3) is 0 Å². The molecule has 1 aromatic rings. The summed E-state index contributed by atoms with van der Waals surface area (Å²) in [6.07, 6.45) is 4.16. The van der Waals surface area contributed by atoms with Gasteiger partial charge in [0.25, 0.3) is 5.91 Å². The average Bonchev–Trinajstić information content (AvgIpc) is 2.42. The van der Waals surface area contributed by atoms with Crippen molar-refractivity contribution in [2.45, 2.75) is 31.1 Å². The number of nitrogens with zero attached hydrogens (tertiary/aromatic N) is 1. The summed E-state index contributed by atoms with van der Waals surface area (Å²) >= 11 is 0. The summed E-state index contributed by atoms with van der Waals surface area (Å²) in [6, 6.07) is 4.33. The van der Waals surface area contributed by atoms with Crippen LogP contribution in [0.15, 0.2) is 28.1 Å². The van der Waals surface area contributed by atoms with Gasteiger partial charge in [-0.3, -0.25) is 4.79 Å². The Bertz CT molecular complexity index is 671. The van der Waals surface area contributed by atoms with Gasteiger partial charge >= 0.3 is 0 Å². The van der Waals surface area contributed by atoms with Crippen LogP contribution in [0.5, 0.6) is 0 Å². The Morgan fingerprint density at radius 2 is 1.91 bits per heavy atom. The Morgan fingerprint density at radius 1 is 1.26 bits per heavy atom. The molecular formula is C14H23ClN4O3S. The van der Waals surface area contributed by atoms with Crippen molar-refractivity contribution >= 4 is 39.8 Å². The summed E-state index contributed by atoms with van der Waals surface area (Å²) in [5.41, 5.74) is 10.9. The highest BCUT2D eigenvalue weighted by Crippen LogP contribution is 2.23. The number of unbranched alkanes of at least 4 members (excludes halogenated alkanes) is 2. The molecule has 0 unspecified atom stereocenters. The molecule has 1 amide bonds. The Balaban J connectivity index is 0.00000484. The molecule has 23 heavy (non-hydrogen) atoms. The first-order chi connectivity index (χ1) is 10.3. The number of amides is 1. The molecule has 0 saturated carbocycles. The molecule has 0 heterocycles. The highest BCUT2D eigenvalue weighted by Gasteiger charge is 2.16. The second-order valence-electron chi connectivity index (χ2n) is 4.96. The number of benzene rings is 1. The molecule has 1 aromatic carbocycles. The maximum Gasteiger partial charge on any atom is 0.280 e. The molecule has 0 aliphatic rings. The van der Waals surface area contributed by atoms with Crippen molar-refractivity contribution in [3.8, 4) is 0 Å². The van der Waals surface area contributed by atoms with E-state index >= 15 is 0 Å². The number of nitrogens with two attached hydrogens (primary N) is 2. The fourth-order valence-electron chi connectivity index (χ4n) is 1.89. The van der Waals surface area contributed by atoms with Crippen LogP contribution in [0.4, 0.5) is 5.69 Å². The fourth-order valence-corrected chi connectivity index (χ4v) is 2.77. The largest absolute Gasteiger partial charge is 0.384 e. The number of guanidine groups is 1. The van der Waals surface area contributed by atoms with Gasteiger partial charge in [0, 0.05) is 18.4 Å². The maximum atomic E-state index is 11.9. The zero-order chi connectivity index (χ0) is 16.8. The van der Waals surface area contributed by atoms with Gasteiger partial charge in [0.1, 0.15) is 0 Å². The number of halogens is 1. The zero-order valence-electron chi connectivity index (χ0n) is 13.2. The van der Waals surface area contributed by atoms with Gasteiger partial charge in [-0.1, -0.05) is 19.8 Å². The van der Waals surface area contributed by atoms with E-state index in [1.165, 1.54) is 12.1 Å². The van der Waals surface area contributed by atoms with Crippen molar-refractivity contribution in [3.05, 3.63) is 23.8 Å². The number of nitrogens with one attached hydrogen (secondary N) is 1. The molecule has 0 aliphatic carbocycles. The lowest BCUT2D eigenvalue weighted by atomic mass is 10.2. The smallest absolute Gasteiger partial charge is 0.280 e. The SMILES string of the molecule is CCCCCNc1ccc(C(=O)N=C(N)N)cc1S(C)(=O)=O.Cl. The normalized spacial score (nSPS) is 10.5. The number of hydrogen-bond donors (Lipinski definition) is 3. The van der Waals surface area contributed by atoms with E-state index in [1.54, 1.807) is 6.07 Å². The van der Waals surface area contributed by atoms with Crippen molar-refractivity contribution in [1.82, 2.24) is 0 Å². The lowest BCUT2D eigenvalue weighted by molar-refractivity contribution is 0.100. The molecule has 0 fully saturated rings. The van der Waals surface area contributed by atoms with Gasteiger partial charge < -0.3 is 16.8 Å². The third-order valence-corrected chi connectivity index (χ3v) is 4.09. The first-order valence-electron chi connectivity index (χ1n) is 6.97. The summed E-state index contributed by atoms with van der Waals surface area (Å²) in [6.45, 7) is 2.75. The van der Waals surface area contributed by atoms with Crippen molar-refractivity contribution < 1.29 is 13.2 Å². The standard InChI is InChI=1S/C14H22N4O3S.ClH/c1-3-4-5-8-17-11-7-6-10(13(19)18-14(15)16)9-12(11)22(2,20)21;/h6-7,9,17H,3-5,8H2,1-2H3,(H4,15,16,18,19);1H. The zero-order valence-corrected chi connectivity index (χ0v) is 14.8. The van der Waals surface area contributed by atoms with Crippen LogP contribution in [-0.2, 0) is 9.84 Å². The van der Waals surface area contributed by atoms with E-state index in [9.17, 15) is 13.2 Å². The van der Waals surface area contributed by atoms with Crippen LogP contribution >= 0.6 is 12.4 Å². The number of anilines is 1. The Hall–Kier alpha value is -1.80. The minimum Gasteiger partial charge on any atom is -0.384 e. The molecule has 130 valence electrons. The molecule has 1 rings (SSSR count). The van der Waals surface area contributed by atoms with E-state index in [1.807, 2.05) is 0 Å². The van der Waals surface area contributed by atoms with Gasteiger partial charge in [-0.2, -0.15) is 4.99 Å². The first-order valence-corrected chi connectivity index (χ1v) is 8.86. The monoisotopic (exact) mass is 362 g/mol. The van der Waals surface area contributed by atoms with E-state index in [4.69, 9.17) is 11.5 Å². The van der Waals surface area contributed by atoms with Gasteiger partial charge in [0.05, 0.1) is 10.6 Å². The average molecular weight is 363 g/mol. The Labute approximate surface area is 142 Å². The van der Waals surface area contributed by atoms with Gasteiger partial charge in [0.2, 0.25) is 0 Å². The molecule has 9 heteroatoms. The van der Waals surface area contributed by atoms with Crippen LogP contribution in [0.2, 0.25) is 0 Å². The van der Waals surface area contributed by atoms with E-state index in [0.717, 1.165) is 25.5 Å². The number of hydrogen-bond acceptors (Lipinski definition) is 4. The lowest BCUT2D eigenvalue weighted by Crippen LogP contribution is -2.24. The minimum absolute atomic E-state index is 0. The molecule has 0 aliphatic heterocycles. The summed E-state index contributed by atoms with van der Waals surface area (Å²) in [7, 11) is -3.49. The van der Waals surface area contributed by atoms with Crippen LogP contribution in [0.1, 0.15) is 36.5 Å². The maximum absolute atomic E-state index is 11.9. The van der Waals surface area contributed by atoms with E-state index in [-0.39, 0.29) is 28.8 Å². The fraction of sp³-hybridized carbons (Fsp3) is 0.429. The lowest BCUT2D eigenvalue weighted by Gasteiger charge is -2.11. The molecule has 0 bridgehead atoms. The first kappa shape index (κ1) is 21.2. The molecule has 0 saturated heterocycles. The third-order valence-electron chi connectivity index (χ3n) is 2.95. The topological polar surface area (TPSA) is 128 Å². The van der Waals surface area contributed by atoms with E-state index in [2.05, 4.69) is 17.2 Å². The summed E-state index contributed by atoms with van der Waals surface area (Å²) in [4.78, 5) is 15.2. The molecular weight excluding hydrogens is 340 g/mol. The number of rotatable bonds is 7. The number of sulfone groups is 1. The molecule has 0 aromatic heterocycles. The second-order valence-corrected chi connectivity index (χ2v) is 6.94. The Kier molecular flexibility index (Phi) is 8.63. The van der Waals surface area contributed by atoms with E-state index in [0.29, 0.717) is 12.2 Å². The quantitative estimate of drug-likeness (QED) is 0.383. The predicted molar refractivity (Wildman–Crippen MR) is 95.0 cm³/mol. The molecule has 7 nitrogen and oxygen atoms in total. The van der Waals surface area contributed by atoms with Gasteiger partial charge in [0.15, 0.2) is 15.8 Å². The molecule has 0 atom stereocenters. The third kappa shape index (κ3) is 6.87. The summed E-state index contributed by atoms with van der Waals surface area (Å²) < 4.78 is 23.8. The van der Waals surface area contributed by atoms with Gasteiger partial charge in [-0.25, -0.2) is 8.42 Å². The number of aliphatic imine (C=N–C) groups is 1. The summed E-state index contributed by atoms with van der Waals surface area (Å²) in [5, 5.41) is 3.09.